The van der Waals surface area contributed by atoms with Crippen LogP contribution in [-0.2, 0) is 0 Å². The number of benzene rings is 1. The Labute approximate surface area is 97.9 Å². The van der Waals surface area contributed by atoms with Crippen LogP contribution in [0.4, 0.5) is 0 Å². The standard InChI is InChI=1S/C14H21NO/c1-9-7-11(3)13(8-10(9)2)14(16)6-5-12(4)15/h7-8,12H,5-6,15H2,1-4H3. The summed E-state index contributed by atoms with van der Waals surface area (Å²) in [5, 5.41) is 0. The third-order valence-electron chi connectivity index (χ3n) is 2.97. The molecule has 0 aliphatic carbocycles. The number of Topliss-reactive ketones (excluding diaryl/α,β-unsaturated/α-hetero) is 1. The average Bonchev–Trinajstić information content (AvgIpc) is 2.20. The highest BCUT2D eigenvalue weighted by atomic mass is 16.1. The lowest BCUT2D eigenvalue weighted by molar-refractivity contribution is 0.0977. The first-order valence-corrected chi connectivity index (χ1v) is 5.78. The number of hydrogen-bond donors (Lipinski definition) is 1. The van der Waals surface area contributed by atoms with Crippen LogP contribution >= 0.6 is 0 Å². The van der Waals surface area contributed by atoms with E-state index in [-0.39, 0.29) is 11.8 Å². The van der Waals surface area contributed by atoms with Gasteiger partial charge in [0.2, 0.25) is 0 Å². The molecule has 0 aromatic heterocycles. The number of rotatable bonds is 4. The maximum absolute atomic E-state index is 12.0. The normalized spacial score (nSPS) is 12.6. The van der Waals surface area contributed by atoms with Gasteiger partial charge in [-0.2, -0.15) is 0 Å². The van der Waals surface area contributed by atoms with Gasteiger partial charge in [-0.1, -0.05) is 6.07 Å². The average molecular weight is 219 g/mol. The van der Waals surface area contributed by atoms with Crippen LogP contribution in [0.15, 0.2) is 12.1 Å². The van der Waals surface area contributed by atoms with Gasteiger partial charge in [0.15, 0.2) is 5.78 Å². The molecule has 2 nitrogen and oxygen atoms in total. The fourth-order valence-electron chi connectivity index (χ4n) is 1.75. The van der Waals surface area contributed by atoms with Gasteiger partial charge in [0.1, 0.15) is 0 Å². The summed E-state index contributed by atoms with van der Waals surface area (Å²) >= 11 is 0. The van der Waals surface area contributed by atoms with Gasteiger partial charge < -0.3 is 5.73 Å². The Bertz CT molecular complexity index is 394. The maximum atomic E-state index is 12.0. The smallest absolute Gasteiger partial charge is 0.163 e. The van der Waals surface area contributed by atoms with Crippen LogP contribution in [0.25, 0.3) is 0 Å². The Morgan fingerprint density at radius 3 is 2.31 bits per heavy atom. The van der Waals surface area contributed by atoms with Crippen molar-refractivity contribution in [2.75, 3.05) is 0 Å². The molecule has 0 saturated heterocycles. The number of carbonyl (C=O) groups excluding carboxylic acids is 1. The number of ketones is 1. The molecule has 1 aromatic rings. The van der Waals surface area contributed by atoms with Gasteiger partial charge in [0.05, 0.1) is 0 Å². The van der Waals surface area contributed by atoms with Crippen molar-refractivity contribution in [1.82, 2.24) is 0 Å². The summed E-state index contributed by atoms with van der Waals surface area (Å²) in [5.41, 5.74) is 9.99. The predicted molar refractivity (Wildman–Crippen MR) is 67.9 cm³/mol. The zero-order valence-corrected chi connectivity index (χ0v) is 10.6. The van der Waals surface area contributed by atoms with E-state index in [1.165, 1.54) is 11.1 Å². The Morgan fingerprint density at radius 1 is 1.19 bits per heavy atom. The Balaban J connectivity index is 2.87. The molecular formula is C14H21NO. The van der Waals surface area contributed by atoms with E-state index in [0.717, 1.165) is 17.5 Å². The van der Waals surface area contributed by atoms with Crippen molar-refractivity contribution in [3.63, 3.8) is 0 Å². The van der Waals surface area contributed by atoms with Crippen molar-refractivity contribution < 1.29 is 4.79 Å². The summed E-state index contributed by atoms with van der Waals surface area (Å²) < 4.78 is 0. The fraction of sp³-hybridized carbons (Fsp3) is 0.500. The molecule has 0 spiro atoms. The van der Waals surface area contributed by atoms with E-state index in [4.69, 9.17) is 5.73 Å². The van der Waals surface area contributed by atoms with Crippen molar-refractivity contribution in [2.24, 2.45) is 5.73 Å². The van der Waals surface area contributed by atoms with E-state index >= 15 is 0 Å². The second-order valence-corrected chi connectivity index (χ2v) is 4.69. The van der Waals surface area contributed by atoms with Crippen molar-refractivity contribution in [3.05, 3.63) is 34.4 Å². The van der Waals surface area contributed by atoms with Gasteiger partial charge in [-0.05, 0) is 56.9 Å². The van der Waals surface area contributed by atoms with E-state index < -0.39 is 0 Å². The van der Waals surface area contributed by atoms with Gasteiger partial charge in [0, 0.05) is 18.0 Å². The van der Waals surface area contributed by atoms with Crippen molar-refractivity contribution in [1.29, 1.82) is 0 Å². The van der Waals surface area contributed by atoms with Crippen LogP contribution < -0.4 is 5.73 Å². The van der Waals surface area contributed by atoms with Gasteiger partial charge in [0.25, 0.3) is 0 Å². The number of aryl methyl sites for hydroxylation is 3. The molecular weight excluding hydrogens is 198 g/mol. The van der Waals surface area contributed by atoms with Crippen molar-refractivity contribution in [2.45, 2.75) is 46.6 Å². The molecule has 2 N–H and O–H groups in total. The molecule has 88 valence electrons. The van der Waals surface area contributed by atoms with E-state index in [0.29, 0.717) is 6.42 Å². The molecule has 0 heterocycles. The molecule has 1 unspecified atom stereocenters. The highest BCUT2D eigenvalue weighted by Crippen LogP contribution is 2.17. The van der Waals surface area contributed by atoms with Crippen LogP contribution in [0, 0.1) is 20.8 Å². The molecule has 0 aliphatic rings. The molecule has 0 radical (unpaired) electrons. The van der Waals surface area contributed by atoms with Crippen molar-refractivity contribution in [3.8, 4) is 0 Å². The van der Waals surface area contributed by atoms with Gasteiger partial charge in [-0.15, -0.1) is 0 Å². The van der Waals surface area contributed by atoms with Gasteiger partial charge >= 0.3 is 0 Å². The quantitative estimate of drug-likeness (QED) is 0.791. The summed E-state index contributed by atoms with van der Waals surface area (Å²) in [6.45, 7) is 8.03. The first kappa shape index (κ1) is 12.9. The SMILES string of the molecule is Cc1cc(C)c(C(=O)CCC(C)N)cc1C. The second kappa shape index (κ2) is 5.26. The van der Waals surface area contributed by atoms with E-state index in [1.807, 2.05) is 26.8 Å². The minimum atomic E-state index is 0.0933. The van der Waals surface area contributed by atoms with Crippen LogP contribution in [0.2, 0.25) is 0 Å². The Morgan fingerprint density at radius 2 is 1.75 bits per heavy atom. The second-order valence-electron chi connectivity index (χ2n) is 4.69. The van der Waals surface area contributed by atoms with E-state index in [2.05, 4.69) is 13.0 Å². The van der Waals surface area contributed by atoms with Crippen LogP contribution in [0.5, 0.6) is 0 Å². The molecule has 0 amide bonds. The molecule has 2 heteroatoms. The molecule has 1 aromatic carbocycles. The first-order valence-electron chi connectivity index (χ1n) is 5.78. The summed E-state index contributed by atoms with van der Waals surface area (Å²) in [7, 11) is 0. The first-order chi connectivity index (χ1) is 7.41. The zero-order chi connectivity index (χ0) is 12.3. The third kappa shape index (κ3) is 3.17. The lowest BCUT2D eigenvalue weighted by Crippen LogP contribution is -2.16. The van der Waals surface area contributed by atoms with Gasteiger partial charge in [-0.3, -0.25) is 4.79 Å². The van der Waals surface area contributed by atoms with E-state index in [9.17, 15) is 4.79 Å². The summed E-state index contributed by atoms with van der Waals surface area (Å²) in [5.74, 6) is 0.206. The molecule has 0 fully saturated rings. The summed E-state index contributed by atoms with van der Waals surface area (Å²) in [4.78, 5) is 12.0. The zero-order valence-electron chi connectivity index (χ0n) is 10.6. The third-order valence-corrected chi connectivity index (χ3v) is 2.97. The molecule has 0 aliphatic heterocycles. The van der Waals surface area contributed by atoms with Crippen LogP contribution in [0.1, 0.15) is 46.8 Å². The minimum absolute atomic E-state index is 0.0933. The summed E-state index contributed by atoms with van der Waals surface area (Å²) in [6, 6.07) is 4.17. The lowest BCUT2D eigenvalue weighted by atomic mass is 9.95. The lowest BCUT2D eigenvalue weighted by Gasteiger charge is -2.09. The number of hydrogen-bond acceptors (Lipinski definition) is 2. The summed E-state index contributed by atoms with van der Waals surface area (Å²) in [6.07, 6.45) is 1.30. The highest BCUT2D eigenvalue weighted by molar-refractivity contribution is 5.97. The number of carbonyl (C=O) groups is 1. The Kier molecular flexibility index (Phi) is 4.25. The topological polar surface area (TPSA) is 43.1 Å². The molecule has 0 bridgehead atoms. The molecule has 1 atom stereocenters. The van der Waals surface area contributed by atoms with E-state index in [1.54, 1.807) is 0 Å². The Hall–Kier alpha value is -1.15. The van der Waals surface area contributed by atoms with Crippen molar-refractivity contribution >= 4 is 5.78 Å². The molecule has 1 rings (SSSR count). The molecule has 16 heavy (non-hydrogen) atoms. The monoisotopic (exact) mass is 219 g/mol. The van der Waals surface area contributed by atoms with Crippen LogP contribution in [0.3, 0.4) is 0 Å². The number of nitrogens with two attached hydrogens (primary N) is 1. The molecule has 0 saturated carbocycles. The minimum Gasteiger partial charge on any atom is -0.328 e. The van der Waals surface area contributed by atoms with Crippen LogP contribution in [-0.4, -0.2) is 11.8 Å². The fourth-order valence-corrected chi connectivity index (χ4v) is 1.75. The predicted octanol–water partition coefficient (Wildman–Crippen LogP) is 2.92. The highest BCUT2D eigenvalue weighted by Gasteiger charge is 2.11. The maximum Gasteiger partial charge on any atom is 0.163 e. The van der Waals surface area contributed by atoms with Gasteiger partial charge in [-0.25, -0.2) is 0 Å². The largest absolute Gasteiger partial charge is 0.328 e.